The average molecular weight is 323 g/mol. The van der Waals surface area contributed by atoms with Crippen LogP contribution in [0.15, 0.2) is 11.6 Å². The van der Waals surface area contributed by atoms with Crippen LogP contribution in [0, 0.1) is 11.8 Å². The quantitative estimate of drug-likeness (QED) is 0.592. The molecule has 5 unspecified atom stereocenters. The third-order valence-corrected chi connectivity index (χ3v) is 6.61. The molecule has 122 valence electrons. The monoisotopic (exact) mass is 322 g/mol. The maximum absolute atomic E-state index is 12.5. The second-order valence-electron chi connectivity index (χ2n) is 7.62. The van der Waals surface area contributed by atoms with Crippen molar-refractivity contribution in [3.8, 4) is 0 Å². The number of allylic oxidation sites excluding steroid dienone is 1. The number of nitrogens with zero attached hydrogens (tertiary/aromatic N) is 1. The lowest BCUT2D eigenvalue weighted by molar-refractivity contribution is -0.135. The fourth-order valence-corrected chi connectivity index (χ4v) is 5.50. The molecule has 4 rings (SSSR count). The van der Waals surface area contributed by atoms with E-state index >= 15 is 0 Å². The molecule has 3 nitrogen and oxygen atoms in total. The highest BCUT2D eigenvalue weighted by molar-refractivity contribution is 6.20. The molecule has 4 fully saturated rings. The van der Waals surface area contributed by atoms with Crippen LogP contribution in [-0.2, 0) is 4.79 Å². The van der Waals surface area contributed by atoms with Gasteiger partial charge in [-0.25, -0.2) is 0 Å². The maximum atomic E-state index is 12.5. The van der Waals surface area contributed by atoms with Crippen LogP contribution in [0.4, 0.5) is 0 Å². The van der Waals surface area contributed by atoms with E-state index in [0.29, 0.717) is 23.2 Å². The van der Waals surface area contributed by atoms with Crippen molar-refractivity contribution in [2.75, 3.05) is 6.54 Å². The van der Waals surface area contributed by atoms with Crippen molar-refractivity contribution in [3.63, 3.8) is 0 Å². The zero-order chi connectivity index (χ0) is 15.1. The van der Waals surface area contributed by atoms with Gasteiger partial charge in [0.2, 0.25) is 5.91 Å². The minimum atomic E-state index is 0.183. The average Bonchev–Trinajstić information content (AvgIpc) is 2.91. The summed E-state index contributed by atoms with van der Waals surface area (Å²) in [4.78, 5) is 15.1. The topological polar surface area (TPSA) is 32.3 Å². The first-order valence-corrected chi connectivity index (χ1v) is 9.57. The maximum Gasteiger partial charge on any atom is 0.226 e. The first-order valence-electron chi connectivity index (χ1n) is 9.13. The first kappa shape index (κ1) is 15.0. The molecular weight excluding hydrogens is 296 g/mol. The fourth-order valence-electron chi connectivity index (χ4n) is 5.12. The Balaban J connectivity index is 1.51. The smallest absolute Gasteiger partial charge is 0.226 e. The largest absolute Gasteiger partial charge is 0.336 e. The van der Waals surface area contributed by atoms with Crippen LogP contribution in [0.1, 0.15) is 57.8 Å². The molecule has 2 heterocycles. The van der Waals surface area contributed by atoms with Gasteiger partial charge in [-0.1, -0.05) is 25.3 Å². The summed E-state index contributed by atoms with van der Waals surface area (Å²) in [7, 11) is 0. The van der Waals surface area contributed by atoms with Crippen LogP contribution in [-0.4, -0.2) is 34.9 Å². The van der Waals surface area contributed by atoms with Crippen LogP contribution in [0.5, 0.6) is 0 Å². The molecule has 4 heteroatoms. The Hall–Kier alpha value is -0.540. The summed E-state index contributed by atoms with van der Waals surface area (Å²) in [5, 5.41) is 3.66. The first-order chi connectivity index (χ1) is 10.7. The van der Waals surface area contributed by atoms with Gasteiger partial charge in [-0.3, -0.25) is 9.69 Å². The van der Waals surface area contributed by atoms with E-state index in [9.17, 15) is 4.79 Å². The number of nitrogens with one attached hydrogen (secondary N) is 1. The Morgan fingerprint density at radius 2 is 2.00 bits per heavy atom. The second kappa shape index (κ2) is 6.16. The summed E-state index contributed by atoms with van der Waals surface area (Å²) in [6.45, 7) is 1.12. The van der Waals surface area contributed by atoms with Crippen molar-refractivity contribution in [1.29, 1.82) is 0 Å². The van der Waals surface area contributed by atoms with Gasteiger partial charge in [-0.15, -0.1) is 11.6 Å². The van der Waals surface area contributed by atoms with Gasteiger partial charge in [-0.2, -0.15) is 0 Å². The molecule has 0 aromatic heterocycles. The van der Waals surface area contributed by atoms with Crippen LogP contribution >= 0.6 is 11.6 Å². The third kappa shape index (κ3) is 2.71. The lowest BCUT2D eigenvalue weighted by Crippen LogP contribution is -2.61. The van der Waals surface area contributed by atoms with Crippen molar-refractivity contribution in [2.24, 2.45) is 11.8 Å². The molecule has 4 aliphatic rings. The SMILES string of the molecule is O=C1NC2/C(=C/C3CCCC(Cl)C3)CCN2C2CCCCC12. The summed E-state index contributed by atoms with van der Waals surface area (Å²) in [6.07, 6.45) is 13.3. The number of hydrogen-bond acceptors (Lipinski definition) is 2. The Bertz CT molecular complexity index is 478. The molecule has 0 aromatic carbocycles. The highest BCUT2D eigenvalue weighted by Crippen LogP contribution is 2.39. The molecule has 0 bridgehead atoms. The van der Waals surface area contributed by atoms with E-state index in [2.05, 4.69) is 16.3 Å². The molecule has 22 heavy (non-hydrogen) atoms. The van der Waals surface area contributed by atoms with Crippen molar-refractivity contribution in [2.45, 2.75) is 75.4 Å². The van der Waals surface area contributed by atoms with E-state index in [0.717, 1.165) is 32.2 Å². The Kier molecular flexibility index (Phi) is 4.21. The van der Waals surface area contributed by atoms with Gasteiger partial charge in [0.1, 0.15) is 6.17 Å². The van der Waals surface area contributed by atoms with E-state index in [1.165, 1.54) is 37.7 Å². The standard InChI is InChI=1S/C18H27ClN2O/c19-14-5-3-4-12(11-14)10-13-8-9-21-16-7-2-1-6-15(16)18(22)20-17(13)21/h10,12,14-17H,1-9,11H2,(H,20,22)/b13-10+. The van der Waals surface area contributed by atoms with Gasteiger partial charge in [0.25, 0.3) is 0 Å². The van der Waals surface area contributed by atoms with Gasteiger partial charge in [-0.05, 0) is 50.0 Å². The predicted octanol–water partition coefficient (Wildman–Crippen LogP) is 3.43. The molecule has 0 aromatic rings. The highest BCUT2D eigenvalue weighted by Gasteiger charge is 2.46. The van der Waals surface area contributed by atoms with Crippen molar-refractivity contribution >= 4 is 17.5 Å². The number of carbonyl (C=O) groups is 1. The van der Waals surface area contributed by atoms with Crippen LogP contribution in [0.3, 0.4) is 0 Å². The zero-order valence-electron chi connectivity index (χ0n) is 13.3. The number of hydrogen-bond donors (Lipinski definition) is 1. The van der Waals surface area contributed by atoms with Crippen LogP contribution in [0.2, 0.25) is 0 Å². The van der Waals surface area contributed by atoms with E-state index < -0.39 is 0 Å². The van der Waals surface area contributed by atoms with E-state index in [-0.39, 0.29) is 12.1 Å². The lowest BCUT2D eigenvalue weighted by Gasteiger charge is -2.45. The molecule has 1 amide bonds. The van der Waals surface area contributed by atoms with Crippen molar-refractivity contribution in [1.82, 2.24) is 10.2 Å². The summed E-state index contributed by atoms with van der Waals surface area (Å²) >= 11 is 6.34. The van der Waals surface area contributed by atoms with E-state index in [4.69, 9.17) is 11.6 Å². The third-order valence-electron chi connectivity index (χ3n) is 6.21. The minimum Gasteiger partial charge on any atom is -0.336 e. The van der Waals surface area contributed by atoms with Crippen molar-refractivity contribution < 1.29 is 4.79 Å². The van der Waals surface area contributed by atoms with Gasteiger partial charge in [0.15, 0.2) is 0 Å². The summed E-state index contributed by atoms with van der Waals surface area (Å²) in [6, 6.07) is 0.491. The Morgan fingerprint density at radius 3 is 2.86 bits per heavy atom. The highest BCUT2D eigenvalue weighted by atomic mass is 35.5. The normalized spacial score (nSPS) is 44.5. The number of rotatable bonds is 1. The van der Waals surface area contributed by atoms with Crippen LogP contribution in [0.25, 0.3) is 0 Å². The molecule has 0 radical (unpaired) electrons. The van der Waals surface area contributed by atoms with Gasteiger partial charge < -0.3 is 5.32 Å². The Morgan fingerprint density at radius 1 is 1.14 bits per heavy atom. The summed E-state index contributed by atoms with van der Waals surface area (Å²) in [5.41, 5.74) is 1.45. The van der Waals surface area contributed by atoms with Crippen LogP contribution < -0.4 is 5.32 Å². The van der Waals surface area contributed by atoms with E-state index in [1.54, 1.807) is 0 Å². The zero-order valence-corrected chi connectivity index (χ0v) is 14.0. The number of amides is 1. The molecule has 2 aliphatic carbocycles. The molecule has 0 spiro atoms. The fraction of sp³-hybridized carbons (Fsp3) is 0.833. The van der Waals surface area contributed by atoms with E-state index in [1.807, 2.05) is 0 Å². The predicted molar refractivity (Wildman–Crippen MR) is 88.7 cm³/mol. The Labute approximate surface area is 138 Å². The molecule has 2 saturated heterocycles. The lowest BCUT2D eigenvalue weighted by atomic mass is 9.81. The molecular formula is C18H27ClN2O. The molecule has 2 aliphatic heterocycles. The number of fused-ring (bicyclic) bond motifs is 3. The van der Waals surface area contributed by atoms with Gasteiger partial charge in [0, 0.05) is 18.0 Å². The van der Waals surface area contributed by atoms with Gasteiger partial charge in [0.05, 0.1) is 5.92 Å². The number of halogens is 1. The summed E-state index contributed by atoms with van der Waals surface area (Å²) < 4.78 is 0. The number of carbonyl (C=O) groups excluding carboxylic acids is 1. The second-order valence-corrected chi connectivity index (χ2v) is 8.24. The molecule has 5 atom stereocenters. The summed E-state index contributed by atoms with van der Waals surface area (Å²) in [5.74, 6) is 1.16. The minimum absolute atomic E-state index is 0.183. The van der Waals surface area contributed by atoms with Gasteiger partial charge >= 0.3 is 0 Å². The van der Waals surface area contributed by atoms with Crippen molar-refractivity contribution in [3.05, 3.63) is 11.6 Å². The molecule has 2 saturated carbocycles. The number of alkyl halides is 1. The molecule has 1 N–H and O–H groups in total.